The first-order valence-electron chi connectivity index (χ1n) is 2.43. The van der Waals surface area contributed by atoms with E-state index in [-0.39, 0.29) is 11.8 Å². The highest BCUT2D eigenvalue weighted by atomic mass is 35.5. The quantitative estimate of drug-likeness (QED) is 0.496. The van der Waals surface area contributed by atoms with Crippen LogP contribution in [0.1, 0.15) is 10.5 Å². The monoisotopic (exact) mass is 161 g/mol. The number of nitrogens with zero attached hydrogens (tertiary/aromatic N) is 2. The van der Waals surface area contributed by atoms with Crippen LogP contribution in [-0.2, 0) is 4.74 Å². The first kappa shape index (κ1) is 7.01. The van der Waals surface area contributed by atoms with Crippen LogP contribution in [0.4, 0.5) is 0 Å². The van der Waals surface area contributed by atoms with Crippen molar-refractivity contribution in [2.24, 2.45) is 0 Å². The van der Waals surface area contributed by atoms with E-state index >= 15 is 0 Å². The van der Waals surface area contributed by atoms with E-state index in [1.54, 1.807) is 0 Å². The molecular formula is C4H4ClN3O2. The Morgan fingerprint density at radius 2 is 2.70 bits per heavy atom. The standard InChI is InChI=1S/C4H4ClN3O2/c5-2-10-4(9)3-1-6-8-7-3/h1H,2H2,(H,6,7,8). The van der Waals surface area contributed by atoms with E-state index in [0.717, 1.165) is 0 Å². The molecule has 0 amide bonds. The summed E-state index contributed by atoms with van der Waals surface area (Å²) in [7, 11) is 0. The van der Waals surface area contributed by atoms with Crippen molar-refractivity contribution >= 4 is 17.6 Å². The average Bonchev–Trinajstić information content (AvgIpc) is 2.38. The molecule has 54 valence electrons. The van der Waals surface area contributed by atoms with Gasteiger partial charge in [-0.15, -0.1) is 5.10 Å². The molecule has 0 radical (unpaired) electrons. The lowest BCUT2D eigenvalue weighted by atomic mass is 10.5. The molecule has 1 N–H and O–H groups in total. The van der Waals surface area contributed by atoms with Crippen molar-refractivity contribution in [3.05, 3.63) is 11.9 Å². The third-order valence-corrected chi connectivity index (χ3v) is 0.919. The molecule has 0 saturated heterocycles. The molecule has 1 rings (SSSR count). The smallest absolute Gasteiger partial charge is 0.361 e. The fraction of sp³-hybridized carbons (Fsp3) is 0.250. The summed E-state index contributed by atoms with van der Waals surface area (Å²) in [5, 5.41) is 9.14. The van der Waals surface area contributed by atoms with E-state index < -0.39 is 5.97 Å². The maximum Gasteiger partial charge on any atom is 0.361 e. The predicted octanol–water partition coefficient (Wildman–Crippen LogP) is 0.158. The summed E-state index contributed by atoms with van der Waals surface area (Å²) in [5.41, 5.74) is 0.126. The minimum Gasteiger partial charge on any atom is -0.445 e. The number of carbonyl (C=O) groups is 1. The fourth-order valence-corrected chi connectivity index (χ4v) is 0.523. The SMILES string of the molecule is O=C(OCCl)c1cn[nH]n1. The van der Waals surface area contributed by atoms with Gasteiger partial charge in [-0.05, 0) is 0 Å². The Labute approximate surface area is 61.3 Å². The fourth-order valence-electron chi connectivity index (χ4n) is 0.423. The molecule has 6 heteroatoms. The number of hydrogen-bond acceptors (Lipinski definition) is 4. The van der Waals surface area contributed by atoms with Gasteiger partial charge in [0, 0.05) is 0 Å². The number of H-pyrrole nitrogens is 1. The van der Waals surface area contributed by atoms with Crippen molar-refractivity contribution in [3.63, 3.8) is 0 Å². The van der Waals surface area contributed by atoms with Crippen LogP contribution in [-0.4, -0.2) is 27.4 Å². The Morgan fingerprint density at radius 1 is 1.90 bits per heavy atom. The van der Waals surface area contributed by atoms with Crippen LogP contribution in [0.25, 0.3) is 0 Å². The van der Waals surface area contributed by atoms with E-state index in [0.29, 0.717) is 0 Å². The molecule has 0 atom stereocenters. The van der Waals surface area contributed by atoms with Crippen LogP contribution in [0.5, 0.6) is 0 Å². The molecule has 10 heavy (non-hydrogen) atoms. The topological polar surface area (TPSA) is 67.9 Å². The molecule has 0 saturated carbocycles. The summed E-state index contributed by atoms with van der Waals surface area (Å²) in [6, 6.07) is -0.175. The van der Waals surface area contributed by atoms with Crippen LogP contribution in [0, 0.1) is 0 Å². The number of rotatable bonds is 2. The normalized spacial score (nSPS) is 9.30. The highest BCUT2D eigenvalue weighted by molar-refractivity contribution is 6.17. The van der Waals surface area contributed by atoms with Crippen LogP contribution in [0.3, 0.4) is 0 Å². The van der Waals surface area contributed by atoms with Crippen LogP contribution in [0.2, 0.25) is 0 Å². The summed E-state index contributed by atoms with van der Waals surface area (Å²) in [6.07, 6.45) is 1.26. The Morgan fingerprint density at radius 3 is 3.20 bits per heavy atom. The molecule has 0 aliphatic carbocycles. The highest BCUT2D eigenvalue weighted by Gasteiger charge is 2.07. The maximum absolute atomic E-state index is 10.7. The molecule has 1 aromatic heterocycles. The second-order valence-electron chi connectivity index (χ2n) is 1.40. The second-order valence-corrected chi connectivity index (χ2v) is 1.61. The third-order valence-electron chi connectivity index (χ3n) is 0.810. The summed E-state index contributed by atoms with van der Waals surface area (Å²) in [5.74, 6) is -0.580. The van der Waals surface area contributed by atoms with Gasteiger partial charge in [-0.25, -0.2) is 4.79 Å². The molecule has 0 aromatic carbocycles. The molecular weight excluding hydrogens is 158 g/mol. The zero-order chi connectivity index (χ0) is 7.40. The zero-order valence-corrected chi connectivity index (χ0v) is 5.63. The Hall–Kier alpha value is -1.10. The zero-order valence-electron chi connectivity index (χ0n) is 4.87. The lowest BCUT2D eigenvalue weighted by molar-refractivity contribution is 0.0567. The van der Waals surface area contributed by atoms with Gasteiger partial charge in [0.1, 0.15) is 0 Å². The van der Waals surface area contributed by atoms with Crippen molar-refractivity contribution in [2.75, 3.05) is 6.07 Å². The van der Waals surface area contributed by atoms with Gasteiger partial charge in [0.05, 0.1) is 6.20 Å². The number of alkyl halides is 1. The highest BCUT2D eigenvalue weighted by Crippen LogP contribution is 1.93. The number of esters is 1. The second kappa shape index (κ2) is 3.17. The summed E-state index contributed by atoms with van der Waals surface area (Å²) in [6.45, 7) is 0. The molecule has 0 aliphatic heterocycles. The number of aromatic nitrogens is 3. The summed E-state index contributed by atoms with van der Waals surface area (Å²) < 4.78 is 4.39. The Balaban J connectivity index is 2.59. The van der Waals surface area contributed by atoms with Crippen LogP contribution < -0.4 is 0 Å². The minimum atomic E-state index is -0.580. The lowest BCUT2D eigenvalue weighted by Crippen LogP contribution is -2.03. The maximum atomic E-state index is 10.7. The van der Waals surface area contributed by atoms with Gasteiger partial charge < -0.3 is 4.74 Å². The van der Waals surface area contributed by atoms with E-state index in [2.05, 4.69) is 20.1 Å². The number of ether oxygens (including phenoxy) is 1. The van der Waals surface area contributed by atoms with Crippen LogP contribution >= 0.6 is 11.6 Å². The van der Waals surface area contributed by atoms with Gasteiger partial charge >= 0.3 is 5.97 Å². The van der Waals surface area contributed by atoms with Crippen molar-refractivity contribution < 1.29 is 9.53 Å². The molecule has 0 fully saturated rings. The molecule has 0 bridgehead atoms. The van der Waals surface area contributed by atoms with Gasteiger partial charge in [-0.3, -0.25) is 0 Å². The predicted molar refractivity (Wildman–Crippen MR) is 32.5 cm³/mol. The summed E-state index contributed by atoms with van der Waals surface area (Å²) >= 11 is 5.11. The first-order chi connectivity index (χ1) is 4.84. The van der Waals surface area contributed by atoms with E-state index in [1.165, 1.54) is 6.20 Å². The van der Waals surface area contributed by atoms with E-state index in [1.807, 2.05) is 0 Å². The van der Waals surface area contributed by atoms with Crippen molar-refractivity contribution in [1.82, 2.24) is 15.4 Å². The van der Waals surface area contributed by atoms with Gasteiger partial charge in [-0.2, -0.15) is 10.3 Å². The lowest BCUT2D eigenvalue weighted by Gasteiger charge is -1.92. The Kier molecular flexibility index (Phi) is 2.22. The first-order valence-corrected chi connectivity index (χ1v) is 2.97. The van der Waals surface area contributed by atoms with Gasteiger partial charge in [-0.1, -0.05) is 11.6 Å². The molecule has 0 unspecified atom stereocenters. The number of carbonyl (C=O) groups excluding carboxylic acids is 1. The van der Waals surface area contributed by atoms with Gasteiger partial charge in [0.25, 0.3) is 0 Å². The number of halogens is 1. The van der Waals surface area contributed by atoms with E-state index in [9.17, 15) is 4.79 Å². The molecule has 0 spiro atoms. The van der Waals surface area contributed by atoms with Gasteiger partial charge in [0.15, 0.2) is 11.8 Å². The number of nitrogens with one attached hydrogen (secondary N) is 1. The number of hydrogen-bond donors (Lipinski definition) is 1. The molecule has 5 nitrogen and oxygen atoms in total. The van der Waals surface area contributed by atoms with Gasteiger partial charge in [0.2, 0.25) is 0 Å². The average molecular weight is 162 g/mol. The largest absolute Gasteiger partial charge is 0.445 e. The summed E-state index contributed by atoms with van der Waals surface area (Å²) in [4.78, 5) is 10.7. The molecule has 1 aromatic rings. The van der Waals surface area contributed by atoms with E-state index in [4.69, 9.17) is 11.6 Å². The molecule has 0 aliphatic rings. The third kappa shape index (κ3) is 1.44. The van der Waals surface area contributed by atoms with Crippen molar-refractivity contribution in [2.45, 2.75) is 0 Å². The number of aromatic amines is 1. The molecule has 1 heterocycles. The Bertz CT molecular complexity index is 210. The van der Waals surface area contributed by atoms with Crippen molar-refractivity contribution in [1.29, 1.82) is 0 Å². The van der Waals surface area contributed by atoms with Crippen molar-refractivity contribution in [3.8, 4) is 0 Å². The van der Waals surface area contributed by atoms with Crippen LogP contribution in [0.15, 0.2) is 6.20 Å². The minimum absolute atomic E-state index is 0.126.